The molecule has 8 nitrogen and oxygen atoms in total. The van der Waals surface area contributed by atoms with Gasteiger partial charge in [0.2, 0.25) is 0 Å². The number of nitrogens with one attached hydrogen (secondary N) is 1. The Morgan fingerprint density at radius 2 is 2.00 bits per heavy atom. The lowest BCUT2D eigenvalue weighted by Gasteiger charge is -2.35. The molecule has 0 radical (unpaired) electrons. The van der Waals surface area contributed by atoms with E-state index in [1.165, 1.54) is 6.20 Å². The maximum absolute atomic E-state index is 11.5. The van der Waals surface area contributed by atoms with Gasteiger partial charge < -0.3 is 25.0 Å². The van der Waals surface area contributed by atoms with Crippen LogP contribution in [0.2, 0.25) is 0 Å². The Hall–Kier alpha value is -1.48. The van der Waals surface area contributed by atoms with Crippen LogP contribution in [0.5, 0.6) is 0 Å². The van der Waals surface area contributed by atoms with E-state index in [1.807, 2.05) is 0 Å². The Morgan fingerprint density at radius 1 is 1.29 bits per heavy atom. The Morgan fingerprint density at radius 3 is 2.65 bits per heavy atom. The Labute approximate surface area is 94.7 Å². The summed E-state index contributed by atoms with van der Waals surface area (Å²) in [5.41, 5.74) is -1.42. The molecule has 0 amide bonds. The van der Waals surface area contributed by atoms with Crippen LogP contribution in [0.3, 0.4) is 0 Å². The molecule has 1 fully saturated rings. The van der Waals surface area contributed by atoms with Crippen LogP contribution in [0.4, 0.5) is 0 Å². The van der Waals surface area contributed by atoms with Crippen LogP contribution in [0.1, 0.15) is 6.23 Å². The lowest BCUT2D eigenvalue weighted by atomic mass is 10.0. The van der Waals surface area contributed by atoms with E-state index >= 15 is 0 Å². The van der Waals surface area contributed by atoms with E-state index < -0.39 is 35.8 Å². The van der Waals surface area contributed by atoms with Crippen LogP contribution in [-0.2, 0) is 4.74 Å². The highest BCUT2D eigenvalue weighted by atomic mass is 16.5. The number of ether oxygens (including phenoxy) is 1. The van der Waals surface area contributed by atoms with Crippen molar-refractivity contribution in [1.82, 2.24) is 9.55 Å². The molecule has 1 unspecified atom stereocenters. The van der Waals surface area contributed by atoms with E-state index in [4.69, 9.17) is 4.74 Å². The number of rotatable bonds is 1. The SMILES string of the molecule is O=c1cc[nH]c(=O)n1C1OC[C@H](O)[C@H](O)[C@@H]1O. The number of hydrogen-bond donors (Lipinski definition) is 4. The van der Waals surface area contributed by atoms with Gasteiger partial charge in [-0.2, -0.15) is 0 Å². The smallest absolute Gasteiger partial charge is 0.330 e. The summed E-state index contributed by atoms with van der Waals surface area (Å²) in [6.07, 6.45) is -4.42. The summed E-state index contributed by atoms with van der Waals surface area (Å²) in [5.74, 6) is 0. The Bertz CT molecular complexity index is 480. The molecule has 8 heteroatoms. The quantitative estimate of drug-likeness (QED) is 0.421. The highest BCUT2D eigenvalue weighted by Gasteiger charge is 2.39. The standard InChI is InChI=1S/C9H12N2O6/c12-4-3-17-8(7(15)6(4)14)11-5(13)1-2-10-9(11)16/h1-2,4,6-8,12,14-15H,3H2,(H,10,16)/t4-,6-,7-,8?/m0/s1. The van der Waals surface area contributed by atoms with Crippen LogP contribution in [0.25, 0.3) is 0 Å². The summed E-state index contributed by atoms with van der Waals surface area (Å²) < 4.78 is 5.66. The molecule has 2 rings (SSSR count). The van der Waals surface area contributed by atoms with Crippen LogP contribution >= 0.6 is 0 Å². The zero-order chi connectivity index (χ0) is 12.6. The van der Waals surface area contributed by atoms with Gasteiger partial charge in [0.25, 0.3) is 5.56 Å². The second-order valence-corrected chi connectivity index (χ2v) is 3.76. The summed E-state index contributed by atoms with van der Waals surface area (Å²) in [6.45, 7) is -0.274. The topological polar surface area (TPSA) is 125 Å². The van der Waals surface area contributed by atoms with Crippen molar-refractivity contribution in [2.24, 2.45) is 0 Å². The second-order valence-electron chi connectivity index (χ2n) is 3.76. The maximum atomic E-state index is 11.5. The van der Waals surface area contributed by atoms with E-state index in [0.717, 1.165) is 6.07 Å². The molecule has 2 heterocycles. The fourth-order valence-electron chi connectivity index (χ4n) is 1.69. The van der Waals surface area contributed by atoms with E-state index in [1.54, 1.807) is 0 Å². The molecule has 0 aromatic carbocycles. The number of aromatic nitrogens is 2. The molecule has 4 atom stereocenters. The summed E-state index contributed by atoms with van der Waals surface area (Å²) >= 11 is 0. The summed E-state index contributed by atoms with van der Waals surface area (Å²) in [7, 11) is 0. The van der Waals surface area contributed by atoms with Crippen LogP contribution < -0.4 is 11.2 Å². The number of aliphatic hydroxyl groups excluding tert-OH is 3. The van der Waals surface area contributed by atoms with Gasteiger partial charge in [-0.05, 0) is 0 Å². The van der Waals surface area contributed by atoms with Gasteiger partial charge in [-0.3, -0.25) is 4.79 Å². The van der Waals surface area contributed by atoms with Crippen LogP contribution in [-0.4, -0.2) is 49.8 Å². The number of aromatic amines is 1. The minimum atomic E-state index is -1.56. The van der Waals surface area contributed by atoms with Crippen LogP contribution in [0.15, 0.2) is 21.9 Å². The monoisotopic (exact) mass is 244 g/mol. The molecule has 0 spiro atoms. The number of hydrogen-bond acceptors (Lipinski definition) is 6. The predicted molar refractivity (Wildman–Crippen MR) is 54.3 cm³/mol. The summed E-state index contributed by atoms with van der Waals surface area (Å²) in [5, 5.41) is 28.4. The first-order chi connectivity index (χ1) is 8.02. The number of H-pyrrole nitrogens is 1. The van der Waals surface area contributed by atoms with Gasteiger partial charge in [-0.15, -0.1) is 0 Å². The molecule has 1 aliphatic heterocycles. The third-order valence-electron chi connectivity index (χ3n) is 2.62. The van der Waals surface area contributed by atoms with Gasteiger partial charge in [-0.25, -0.2) is 9.36 Å². The zero-order valence-electron chi connectivity index (χ0n) is 8.68. The van der Waals surface area contributed by atoms with E-state index in [-0.39, 0.29) is 6.61 Å². The van der Waals surface area contributed by atoms with Crippen molar-refractivity contribution in [3.63, 3.8) is 0 Å². The van der Waals surface area contributed by atoms with Crippen molar-refractivity contribution < 1.29 is 20.1 Å². The molecule has 0 aliphatic carbocycles. The first-order valence-electron chi connectivity index (χ1n) is 4.98. The average Bonchev–Trinajstić information content (AvgIpc) is 2.29. The third-order valence-corrected chi connectivity index (χ3v) is 2.62. The predicted octanol–water partition coefficient (Wildman–Crippen LogP) is -2.85. The molecule has 4 N–H and O–H groups in total. The fraction of sp³-hybridized carbons (Fsp3) is 0.556. The normalized spacial score (nSPS) is 33.6. The molecular weight excluding hydrogens is 232 g/mol. The minimum absolute atomic E-state index is 0.274. The summed E-state index contributed by atoms with van der Waals surface area (Å²) in [6, 6.07) is 1.09. The zero-order valence-corrected chi connectivity index (χ0v) is 8.68. The van der Waals surface area contributed by atoms with Crippen molar-refractivity contribution in [3.8, 4) is 0 Å². The molecule has 0 saturated carbocycles. The van der Waals surface area contributed by atoms with Gasteiger partial charge >= 0.3 is 5.69 Å². The molecule has 94 valence electrons. The van der Waals surface area contributed by atoms with Gasteiger partial charge in [0, 0.05) is 12.3 Å². The number of nitrogens with zero attached hydrogens (tertiary/aromatic N) is 1. The third kappa shape index (κ3) is 2.03. The first kappa shape index (κ1) is 12.0. The Kier molecular flexibility index (Phi) is 3.11. The maximum Gasteiger partial charge on any atom is 0.330 e. The lowest BCUT2D eigenvalue weighted by molar-refractivity contribution is -0.212. The van der Waals surface area contributed by atoms with Gasteiger partial charge in [0.15, 0.2) is 6.23 Å². The average molecular weight is 244 g/mol. The van der Waals surface area contributed by atoms with Crippen molar-refractivity contribution in [2.75, 3.05) is 6.61 Å². The largest absolute Gasteiger partial charge is 0.388 e. The summed E-state index contributed by atoms with van der Waals surface area (Å²) in [4.78, 5) is 25.2. The van der Waals surface area contributed by atoms with Crippen molar-refractivity contribution in [1.29, 1.82) is 0 Å². The molecule has 17 heavy (non-hydrogen) atoms. The van der Waals surface area contributed by atoms with Crippen molar-refractivity contribution in [3.05, 3.63) is 33.1 Å². The molecule has 1 aromatic heterocycles. The second kappa shape index (κ2) is 4.41. The minimum Gasteiger partial charge on any atom is -0.388 e. The number of aliphatic hydroxyl groups is 3. The van der Waals surface area contributed by atoms with E-state index in [0.29, 0.717) is 4.57 Å². The Balaban J connectivity index is 2.41. The van der Waals surface area contributed by atoms with E-state index in [2.05, 4.69) is 4.98 Å². The molecule has 1 aliphatic rings. The van der Waals surface area contributed by atoms with E-state index in [9.17, 15) is 24.9 Å². The molecular formula is C9H12N2O6. The highest BCUT2D eigenvalue weighted by molar-refractivity contribution is 4.90. The molecule has 1 aromatic rings. The highest BCUT2D eigenvalue weighted by Crippen LogP contribution is 2.21. The lowest BCUT2D eigenvalue weighted by Crippen LogP contribution is -2.54. The fourth-order valence-corrected chi connectivity index (χ4v) is 1.69. The molecule has 1 saturated heterocycles. The van der Waals surface area contributed by atoms with Gasteiger partial charge in [-0.1, -0.05) is 0 Å². The van der Waals surface area contributed by atoms with Crippen molar-refractivity contribution >= 4 is 0 Å². The molecule has 0 bridgehead atoms. The van der Waals surface area contributed by atoms with Gasteiger partial charge in [0.05, 0.1) is 6.61 Å². The van der Waals surface area contributed by atoms with Gasteiger partial charge in [0.1, 0.15) is 18.3 Å². The van der Waals surface area contributed by atoms with Crippen LogP contribution in [0, 0.1) is 0 Å². The first-order valence-corrected chi connectivity index (χ1v) is 4.98. The van der Waals surface area contributed by atoms with Crippen molar-refractivity contribution in [2.45, 2.75) is 24.5 Å².